The maximum atomic E-state index is 12.9. The highest BCUT2D eigenvalue weighted by atomic mass is 35.5. The van der Waals surface area contributed by atoms with Crippen LogP contribution in [0.4, 0.5) is 5.69 Å². The molecule has 0 aliphatic heterocycles. The molecule has 2 N–H and O–H groups in total. The molecule has 2 amide bonds. The zero-order chi connectivity index (χ0) is 29.4. The average molecular weight is 575 g/mol. The molecule has 212 valence electrons. The van der Waals surface area contributed by atoms with Crippen LogP contribution in [0.2, 0.25) is 5.02 Å². The van der Waals surface area contributed by atoms with Crippen LogP contribution in [0.1, 0.15) is 34.2 Å². The van der Waals surface area contributed by atoms with E-state index in [0.717, 1.165) is 17.1 Å². The Morgan fingerprint density at radius 1 is 0.927 bits per heavy atom. The van der Waals surface area contributed by atoms with Crippen molar-refractivity contribution < 1.29 is 23.8 Å². The Labute approximate surface area is 243 Å². The summed E-state index contributed by atoms with van der Waals surface area (Å²) in [5.41, 5.74) is 6.95. The summed E-state index contributed by atoms with van der Waals surface area (Å²) in [5.74, 6) is 0.577. The number of benzene rings is 3. The third-order valence-electron chi connectivity index (χ3n) is 6.11. The fraction of sp³-hybridized carbons (Fsp3) is 0.194. The molecule has 0 atom stereocenters. The van der Waals surface area contributed by atoms with E-state index in [-0.39, 0.29) is 12.5 Å². The van der Waals surface area contributed by atoms with Gasteiger partial charge in [-0.25, -0.2) is 5.43 Å². The fourth-order valence-electron chi connectivity index (χ4n) is 4.20. The Morgan fingerprint density at radius 3 is 2.41 bits per heavy atom. The van der Waals surface area contributed by atoms with Gasteiger partial charge >= 0.3 is 0 Å². The number of methoxy groups -OCH3 is 1. The molecule has 1 heterocycles. The number of carbonyl (C=O) groups excluding carboxylic acids is 2. The molecule has 9 nitrogen and oxygen atoms in total. The van der Waals surface area contributed by atoms with E-state index in [1.807, 2.05) is 49.6 Å². The lowest BCUT2D eigenvalue weighted by Gasteiger charge is -2.13. The largest absolute Gasteiger partial charge is 0.495 e. The monoisotopic (exact) mass is 574 g/mol. The van der Waals surface area contributed by atoms with E-state index in [0.29, 0.717) is 45.7 Å². The molecule has 0 fully saturated rings. The van der Waals surface area contributed by atoms with Crippen molar-refractivity contribution in [1.82, 2.24) is 9.99 Å². The standard InChI is InChI=1S/C31H31ClN4O5/c1-5-40-29-16-22(12-15-28(29)41-19-30(37)34-26-8-6-7-9-27(26)39-4)18-33-35-31(38)24-17-23(13-14-25(24)32)36-20(2)10-11-21(36)3/h6-18H,5,19H2,1-4H3,(H,34,37)(H,35,38). The van der Waals surface area contributed by atoms with Gasteiger partial charge in [0.2, 0.25) is 0 Å². The van der Waals surface area contributed by atoms with Gasteiger partial charge in [0, 0.05) is 17.1 Å². The Morgan fingerprint density at radius 2 is 1.68 bits per heavy atom. The second-order valence-corrected chi connectivity index (χ2v) is 9.40. The highest BCUT2D eigenvalue weighted by Crippen LogP contribution is 2.29. The number of anilines is 1. The summed E-state index contributed by atoms with van der Waals surface area (Å²) < 4.78 is 18.7. The summed E-state index contributed by atoms with van der Waals surface area (Å²) >= 11 is 6.33. The molecule has 0 spiro atoms. The van der Waals surface area contributed by atoms with E-state index in [9.17, 15) is 9.59 Å². The summed E-state index contributed by atoms with van der Waals surface area (Å²) in [4.78, 5) is 25.3. The summed E-state index contributed by atoms with van der Waals surface area (Å²) in [6, 6.07) is 21.5. The molecule has 0 saturated heterocycles. The predicted octanol–water partition coefficient (Wildman–Crippen LogP) is 5.94. The number of para-hydroxylation sites is 2. The van der Waals surface area contributed by atoms with Crippen LogP contribution in [0.5, 0.6) is 17.2 Å². The number of aromatic nitrogens is 1. The van der Waals surface area contributed by atoms with Gasteiger partial charge in [-0.1, -0.05) is 23.7 Å². The van der Waals surface area contributed by atoms with Gasteiger partial charge in [-0.2, -0.15) is 5.10 Å². The van der Waals surface area contributed by atoms with E-state index in [4.69, 9.17) is 25.8 Å². The molecule has 4 rings (SSSR count). The van der Waals surface area contributed by atoms with Crippen LogP contribution in [0, 0.1) is 13.8 Å². The molecule has 0 saturated carbocycles. The van der Waals surface area contributed by atoms with Crippen LogP contribution in [0.15, 0.2) is 77.9 Å². The third kappa shape index (κ3) is 7.26. The lowest BCUT2D eigenvalue weighted by atomic mass is 10.2. The molecule has 0 unspecified atom stereocenters. The first-order valence-electron chi connectivity index (χ1n) is 12.9. The first-order valence-corrected chi connectivity index (χ1v) is 13.3. The Kier molecular flexibility index (Phi) is 9.65. The van der Waals surface area contributed by atoms with Crippen LogP contribution >= 0.6 is 11.6 Å². The third-order valence-corrected chi connectivity index (χ3v) is 6.44. The number of hydrogen-bond acceptors (Lipinski definition) is 6. The first kappa shape index (κ1) is 29.2. The maximum Gasteiger partial charge on any atom is 0.272 e. The molecule has 41 heavy (non-hydrogen) atoms. The highest BCUT2D eigenvalue weighted by molar-refractivity contribution is 6.33. The number of hydrogen-bond donors (Lipinski definition) is 2. The van der Waals surface area contributed by atoms with Crippen LogP contribution in [-0.2, 0) is 4.79 Å². The summed E-state index contributed by atoms with van der Waals surface area (Å²) in [5, 5.41) is 7.18. The SMILES string of the molecule is CCOc1cc(C=NNC(=O)c2cc(-n3c(C)ccc3C)ccc2Cl)ccc1OCC(=O)Nc1ccccc1OC. The number of rotatable bonds is 11. The number of amides is 2. The lowest BCUT2D eigenvalue weighted by Crippen LogP contribution is -2.20. The molecule has 0 radical (unpaired) electrons. The Bertz CT molecular complexity index is 1560. The number of nitrogens with one attached hydrogen (secondary N) is 2. The van der Waals surface area contributed by atoms with Crippen molar-refractivity contribution in [2.75, 3.05) is 25.6 Å². The minimum absolute atomic E-state index is 0.233. The Hall–Kier alpha value is -4.76. The molecule has 3 aromatic carbocycles. The minimum atomic E-state index is -0.443. The molecule has 10 heteroatoms. The number of hydrazone groups is 1. The van der Waals surface area contributed by atoms with Crippen molar-refractivity contribution >= 4 is 35.3 Å². The molecule has 4 aromatic rings. The smallest absolute Gasteiger partial charge is 0.272 e. The number of nitrogens with zero attached hydrogens (tertiary/aromatic N) is 2. The second kappa shape index (κ2) is 13.5. The van der Waals surface area contributed by atoms with Crippen molar-refractivity contribution in [1.29, 1.82) is 0 Å². The fourth-order valence-corrected chi connectivity index (χ4v) is 4.40. The molecular weight excluding hydrogens is 544 g/mol. The summed E-state index contributed by atoms with van der Waals surface area (Å²) in [7, 11) is 1.53. The number of halogens is 1. The van der Waals surface area contributed by atoms with Crippen molar-refractivity contribution in [3.63, 3.8) is 0 Å². The van der Waals surface area contributed by atoms with Crippen molar-refractivity contribution in [2.24, 2.45) is 5.10 Å². The van der Waals surface area contributed by atoms with Gasteiger partial charge in [0.15, 0.2) is 18.1 Å². The lowest BCUT2D eigenvalue weighted by molar-refractivity contribution is -0.118. The highest BCUT2D eigenvalue weighted by Gasteiger charge is 2.14. The van der Waals surface area contributed by atoms with Crippen molar-refractivity contribution in [3.05, 3.63) is 100 Å². The normalized spacial score (nSPS) is 10.9. The van der Waals surface area contributed by atoms with Gasteiger partial charge in [-0.05, 0) is 87.0 Å². The number of ether oxygens (including phenoxy) is 3. The van der Waals surface area contributed by atoms with E-state index in [1.54, 1.807) is 48.5 Å². The van der Waals surface area contributed by atoms with Gasteiger partial charge in [-0.3, -0.25) is 9.59 Å². The van der Waals surface area contributed by atoms with E-state index < -0.39 is 5.91 Å². The maximum absolute atomic E-state index is 12.9. The molecular formula is C31H31ClN4O5. The quantitative estimate of drug-likeness (QED) is 0.171. The molecule has 0 aliphatic rings. The van der Waals surface area contributed by atoms with Gasteiger partial charge < -0.3 is 24.1 Å². The minimum Gasteiger partial charge on any atom is -0.495 e. The zero-order valence-electron chi connectivity index (χ0n) is 23.2. The van der Waals surface area contributed by atoms with Gasteiger partial charge in [0.25, 0.3) is 11.8 Å². The predicted molar refractivity (Wildman–Crippen MR) is 160 cm³/mol. The van der Waals surface area contributed by atoms with E-state index in [2.05, 4.69) is 15.8 Å². The topological polar surface area (TPSA) is 103 Å². The van der Waals surface area contributed by atoms with Crippen LogP contribution in [0.25, 0.3) is 5.69 Å². The van der Waals surface area contributed by atoms with E-state index >= 15 is 0 Å². The van der Waals surface area contributed by atoms with Crippen molar-refractivity contribution in [3.8, 4) is 22.9 Å². The van der Waals surface area contributed by atoms with E-state index in [1.165, 1.54) is 13.3 Å². The Balaban J connectivity index is 1.41. The average Bonchev–Trinajstić information content (AvgIpc) is 3.30. The molecule has 0 bridgehead atoms. The zero-order valence-corrected chi connectivity index (χ0v) is 24.0. The van der Waals surface area contributed by atoms with Crippen molar-refractivity contribution in [2.45, 2.75) is 20.8 Å². The summed E-state index contributed by atoms with van der Waals surface area (Å²) in [6.45, 7) is 5.98. The first-order chi connectivity index (χ1) is 19.8. The summed E-state index contributed by atoms with van der Waals surface area (Å²) in [6.07, 6.45) is 1.48. The van der Waals surface area contributed by atoms with Crippen LogP contribution in [-0.4, -0.2) is 42.9 Å². The van der Waals surface area contributed by atoms with Gasteiger partial charge in [-0.15, -0.1) is 0 Å². The van der Waals surface area contributed by atoms with Gasteiger partial charge in [0.05, 0.1) is 36.2 Å². The van der Waals surface area contributed by atoms with Gasteiger partial charge in [0.1, 0.15) is 5.75 Å². The molecule has 0 aliphatic carbocycles. The van der Waals surface area contributed by atoms with Crippen LogP contribution in [0.3, 0.4) is 0 Å². The van der Waals surface area contributed by atoms with Crippen LogP contribution < -0.4 is 25.0 Å². The molecule has 1 aromatic heterocycles. The second-order valence-electron chi connectivity index (χ2n) is 8.99. The number of carbonyl (C=O) groups is 2. The number of aryl methyl sites for hydroxylation is 2.